The van der Waals surface area contributed by atoms with Gasteiger partial charge < -0.3 is 0 Å². The van der Waals surface area contributed by atoms with Gasteiger partial charge in [0.05, 0.1) is 0 Å². The van der Waals surface area contributed by atoms with E-state index < -0.39 is 0 Å². The Labute approximate surface area is 93.2 Å². The Morgan fingerprint density at radius 3 is 2.93 bits per heavy atom. The van der Waals surface area contributed by atoms with E-state index in [1.807, 2.05) is 0 Å². The van der Waals surface area contributed by atoms with Crippen molar-refractivity contribution in [1.29, 1.82) is 0 Å². The number of rotatable bonds is 2. The molecule has 1 atom stereocenters. The van der Waals surface area contributed by atoms with Crippen LogP contribution >= 0.6 is 11.6 Å². The van der Waals surface area contributed by atoms with Crippen LogP contribution in [-0.2, 0) is 11.2 Å². The lowest BCUT2D eigenvalue weighted by Crippen LogP contribution is -2.10. The predicted octanol–water partition coefficient (Wildman–Crippen LogP) is 3.39. The van der Waals surface area contributed by atoms with Crippen molar-refractivity contribution in [3.63, 3.8) is 0 Å². The van der Waals surface area contributed by atoms with Crippen molar-refractivity contribution in [3.05, 3.63) is 34.6 Å². The molecule has 1 unspecified atom stereocenters. The van der Waals surface area contributed by atoms with E-state index in [0.29, 0.717) is 23.4 Å². The summed E-state index contributed by atoms with van der Waals surface area (Å²) in [6.07, 6.45) is 2.95. The van der Waals surface area contributed by atoms with Crippen LogP contribution < -0.4 is 0 Å². The Bertz CT molecular complexity index is 389. The van der Waals surface area contributed by atoms with E-state index in [1.54, 1.807) is 6.07 Å². The first-order valence-corrected chi connectivity index (χ1v) is 5.51. The Morgan fingerprint density at radius 1 is 1.47 bits per heavy atom. The highest BCUT2D eigenvalue weighted by Crippen LogP contribution is 2.27. The molecule has 0 aromatic heterocycles. The summed E-state index contributed by atoms with van der Waals surface area (Å²) >= 11 is 5.79. The minimum Gasteiger partial charge on any atom is -0.299 e. The molecule has 0 aliphatic heterocycles. The van der Waals surface area contributed by atoms with Gasteiger partial charge in [0.25, 0.3) is 0 Å². The summed E-state index contributed by atoms with van der Waals surface area (Å²) in [6.45, 7) is 0. The lowest BCUT2D eigenvalue weighted by Gasteiger charge is -2.08. The van der Waals surface area contributed by atoms with Crippen molar-refractivity contribution in [1.82, 2.24) is 0 Å². The van der Waals surface area contributed by atoms with Gasteiger partial charge in [-0.05, 0) is 43.0 Å². The van der Waals surface area contributed by atoms with Gasteiger partial charge in [0, 0.05) is 17.4 Å². The molecule has 1 aliphatic rings. The monoisotopic (exact) mass is 226 g/mol. The number of Topliss-reactive ketones (excluding diaryl/α,β-unsaturated/α-hetero) is 1. The second kappa shape index (κ2) is 4.31. The van der Waals surface area contributed by atoms with Crippen molar-refractivity contribution in [2.75, 3.05) is 0 Å². The summed E-state index contributed by atoms with van der Waals surface area (Å²) in [5, 5.41) is 0.525. The van der Waals surface area contributed by atoms with Crippen LogP contribution in [0.2, 0.25) is 5.02 Å². The third-order valence-corrected chi connectivity index (χ3v) is 3.14. The Kier molecular flexibility index (Phi) is 3.06. The van der Waals surface area contributed by atoms with Gasteiger partial charge in [0.1, 0.15) is 11.6 Å². The maximum absolute atomic E-state index is 13.4. The summed E-state index contributed by atoms with van der Waals surface area (Å²) in [5.41, 5.74) is 0.558. The fourth-order valence-electron chi connectivity index (χ4n) is 2.07. The van der Waals surface area contributed by atoms with Crippen LogP contribution in [0.5, 0.6) is 0 Å². The quantitative estimate of drug-likeness (QED) is 0.756. The zero-order valence-corrected chi connectivity index (χ0v) is 9.06. The average Bonchev–Trinajstić information content (AvgIpc) is 2.58. The second-order valence-electron chi connectivity index (χ2n) is 4.00. The largest absolute Gasteiger partial charge is 0.299 e. The summed E-state index contributed by atoms with van der Waals surface area (Å²) < 4.78 is 13.4. The van der Waals surface area contributed by atoms with E-state index in [2.05, 4.69) is 0 Å². The predicted molar refractivity (Wildman–Crippen MR) is 57.5 cm³/mol. The van der Waals surface area contributed by atoms with Crippen LogP contribution in [0.4, 0.5) is 4.39 Å². The highest BCUT2D eigenvalue weighted by Gasteiger charge is 2.25. The number of benzene rings is 1. The summed E-state index contributed by atoms with van der Waals surface area (Å²) in [7, 11) is 0. The van der Waals surface area contributed by atoms with Crippen LogP contribution in [0, 0.1) is 11.7 Å². The fraction of sp³-hybridized carbons (Fsp3) is 0.417. The van der Waals surface area contributed by atoms with Gasteiger partial charge in [-0.15, -0.1) is 0 Å². The Balaban J connectivity index is 2.16. The Morgan fingerprint density at radius 2 is 2.27 bits per heavy atom. The van der Waals surface area contributed by atoms with Crippen LogP contribution in [0.3, 0.4) is 0 Å². The minimum atomic E-state index is -0.265. The maximum Gasteiger partial charge on any atom is 0.136 e. The number of carbonyl (C=O) groups excluding carboxylic acids is 1. The minimum absolute atomic E-state index is 0.00188. The number of halogens is 2. The average molecular weight is 227 g/mol. The number of ketones is 1. The standard InChI is InChI=1S/C12H12ClFO/c13-10-4-5-11(14)9(7-10)6-8-2-1-3-12(8)15/h4-5,7-8H,1-3,6H2. The zero-order chi connectivity index (χ0) is 10.8. The molecule has 1 nitrogen and oxygen atoms in total. The van der Waals surface area contributed by atoms with Crippen molar-refractivity contribution in [3.8, 4) is 0 Å². The molecule has 1 aromatic carbocycles. The SMILES string of the molecule is O=C1CCCC1Cc1cc(Cl)ccc1F. The molecule has 1 aromatic rings. The highest BCUT2D eigenvalue weighted by atomic mass is 35.5. The third-order valence-electron chi connectivity index (χ3n) is 2.91. The van der Waals surface area contributed by atoms with Gasteiger partial charge in [0.2, 0.25) is 0 Å². The molecule has 1 saturated carbocycles. The molecule has 0 bridgehead atoms. The van der Waals surface area contributed by atoms with Gasteiger partial charge in [-0.1, -0.05) is 11.6 Å². The van der Waals surface area contributed by atoms with Crippen LogP contribution in [-0.4, -0.2) is 5.78 Å². The van der Waals surface area contributed by atoms with E-state index in [-0.39, 0.29) is 17.5 Å². The first-order valence-electron chi connectivity index (χ1n) is 5.13. The van der Waals surface area contributed by atoms with E-state index in [0.717, 1.165) is 12.8 Å². The molecule has 0 spiro atoms. The molecule has 1 aliphatic carbocycles. The molecule has 2 rings (SSSR count). The molecule has 3 heteroatoms. The van der Waals surface area contributed by atoms with Crippen molar-refractivity contribution < 1.29 is 9.18 Å². The molecule has 1 fully saturated rings. The molecule has 0 amide bonds. The van der Waals surface area contributed by atoms with Crippen molar-refractivity contribution in [2.45, 2.75) is 25.7 Å². The first kappa shape index (κ1) is 10.6. The van der Waals surface area contributed by atoms with Gasteiger partial charge in [-0.25, -0.2) is 4.39 Å². The molecule has 0 N–H and O–H groups in total. The first-order chi connectivity index (χ1) is 7.16. The van der Waals surface area contributed by atoms with E-state index in [4.69, 9.17) is 11.6 Å². The molecule has 80 valence electrons. The van der Waals surface area contributed by atoms with Gasteiger partial charge in [-0.3, -0.25) is 4.79 Å². The second-order valence-corrected chi connectivity index (χ2v) is 4.43. The van der Waals surface area contributed by atoms with Crippen molar-refractivity contribution in [2.24, 2.45) is 5.92 Å². The smallest absolute Gasteiger partial charge is 0.136 e. The molecular weight excluding hydrogens is 215 g/mol. The number of hydrogen-bond acceptors (Lipinski definition) is 1. The van der Waals surface area contributed by atoms with Gasteiger partial charge >= 0.3 is 0 Å². The fourth-order valence-corrected chi connectivity index (χ4v) is 2.26. The Hall–Kier alpha value is -0.890. The van der Waals surface area contributed by atoms with Gasteiger partial charge in [-0.2, -0.15) is 0 Å². The zero-order valence-electron chi connectivity index (χ0n) is 8.30. The number of carbonyl (C=O) groups is 1. The summed E-state index contributed by atoms with van der Waals surface area (Å²) in [6, 6.07) is 4.50. The maximum atomic E-state index is 13.4. The van der Waals surface area contributed by atoms with Crippen molar-refractivity contribution >= 4 is 17.4 Å². The highest BCUT2D eigenvalue weighted by molar-refractivity contribution is 6.30. The van der Waals surface area contributed by atoms with Gasteiger partial charge in [0.15, 0.2) is 0 Å². The third kappa shape index (κ3) is 2.37. The van der Waals surface area contributed by atoms with E-state index >= 15 is 0 Å². The lowest BCUT2D eigenvalue weighted by molar-refractivity contribution is -0.120. The molecule has 15 heavy (non-hydrogen) atoms. The normalized spacial score (nSPS) is 20.9. The summed E-state index contributed by atoms with van der Waals surface area (Å²) in [5.74, 6) is -0.00792. The van der Waals surface area contributed by atoms with Crippen LogP contribution in [0.15, 0.2) is 18.2 Å². The molecule has 0 heterocycles. The van der Waals surface area contributed by atoms with Crippen LogP contribution in [0.25, 0.3) is 0 Å². The topological polar surface area (TPSA) is 17.1 Å². The molecule has 0 radical (unpaired) electrons. The lowest BCUT2D eigenvalue weighted by atomic mass is 9.97. The van der Waals surface area contributed by atoms with E-state index in [9.17, 15) is 9.18 Å². The molecular formula is C12H12ClFO. The summed E-state index contributed by atoms with van der Waals surface area (Å²) in [4.78, 5) is 11.4. The molecule has 0 saturated heterocycles. The van der Waals surface area contributed by atoms with Crippen LogP contribution in [0.1, 0.15) is 24.8 Å². The van der Waals surface area contributed by atoms with E-state index in [1.165, 1.54) is 12.1 Å². The number of hydrogen-bond donors (Lipinski definition) is 0.